The highest BCUT2D eigenvalue weighted by molar-refractivity contribution is 6.17. The quantitative estimate of drug-likeness (QED) is 0.103. The lowest BCUT2D eigenvalue weighted by Gasteiger charge is -2.08. The van der Waals surface area contributed by atoms with E-state index in [1.165, 1.54) is 12.1 Å². The van der Waals surface area contributed by atoms with Crippen LogP contribution in [0.2, 0.25) is 0 Å². The summed E-state index contributed by atoms with van der Waals surface area (Å²) in [6.07, 6.45) is 2.96. The summed E-state index contributed by atoms with van der Waals surface area (Å²) in [5, 5.41) is 10.6. The summed E-state index contributed by atoms with van der Waals surface area (Å²) in [5.41, 5.74) is 19.2. The summed E-state index contributed by atoms with van der Waals surface area (Å²) < 4.78 is 12.1. The van der Waals surface area contributed by atoms with E-state index in [9.17, 15) is 14.7 Å². The number of furan rings is 1. The molecule has 1 amide bonds. The van der Waals surface area contributed by atoms with E-state index in [2.05, 4.69) is 0 Å². The number of unbranched alkanes of at least 4 members (excludes halogenated alkanes) is 2. The highest BCUT2D eigenvalue weighted by Gasteiger charge is 2.23. The van der Waals surface area contributed by atoms with E-state index < -0.39 is 0 Å². The molecule has 0 aliphatic rings. The zero-order valence-corrected chi connectivity index (χ0v) is 19.8. The minimum absolute atomic E-state index is 0.0238. The standard InChI is InChI=1S/C28H29N3O5/c29-21-13-18(14-22(30)28(21)34)27(33)26-20-12-11-19(35-16-17-7-3-1-4-8-17)15-24(20)36-23(26)9-5-2-6-10-25(31)32/h1,3-4,7-8,11-15,34H,2,5-6,9-10,16,29-30H2,(H2,31,32). The first-order valence-electron chi connectivity index (χ1n) is 11.8. The van der Waals surface area contributed by atoms with Crippen LogP contribution >= 0.6 is 0 Å². The van der Waals surface area contributed by atoms with Crippen molar-refractivity contribution < 1.29 is 23.8 Å². The first kappa shape index (κ1) is 24.7. The van der Waals surface area contributed by atoms with Crippen molar-refractivity contribution in [1.29, 1.82) is 0 Å². The van der Waals surface area contributed by atoms with Gasteiger partial charge < -0.3 is 31.5 Å². The lowest BCUT2D eigenvalue weighted by Crippen LogP contribution is -2.09. The second-order valence-corrected chi connectivity index (χ2v) is 8.69. The van der Waals surface area contributed by atoms with E-state index in [0.29, 0.717) is 60.3 Å². The van der Waals surface area contributed by atoms with Crippen LogP contribution in [-0.4, -0.2) is 16.8 Å². The highest BCUT2D eigenvalue weighted by atomic mass is 16.5. The fourth-order valence-corrected chi connectivity index (χ4v) is 4.10. The van der Waals surface area contributed by atoms with E-state index in [1.54, 1.807) is 18.2 Å². The van der Waals surface area contributed by atoms with E-state index in [4.69, 9.17) is 26.4 Å². The van der Waals surface area contributed by atoms with Crippen molar-refractivity contribution in [3.63, 3.8) is 0 Å². The number of ketones is 1. The lowest BCUT2D eigenvalue weighted by atomic mass is 9.97. The number of carbonyl (C=O) groups is 2. The lowest BCUT2D eigenvalue weighted by molar-refractivity contribution is -0.118. The first-order valence-corrected chi connectivity index (χ1v) is 11.8. The molecule has 1 heterocycles. The number of ether oxygens (including phenoxy) is 1. The third-order valence-electron chi connectivity index (χ3n) is 5.97. The Balaban J connectivity index is 1.64. The average molecular weight is 488 g/mol. The number of amides is 1. The molecule has 7 N–H and O–H groups in total. The van der Waals surface area contributed by atoms with Crippen molar-refractivity contribution in [2.45, 2.75) is 38.7 Å². The number of aromatic hydroxyl groups is 1. The second-order valence-electron chi connectivity index (χ2n) is 8.69. The molecular formula is C28H29N3O5. The van der Waals surface area contributed by atoms with Gasteiger partial charge in [-0.05, 0) is 42.7 Å². The van der Waals surface area contributed by atoms with Crippen molar-refractivity contribution in [3.05, 3.63) is 83.1 Å². The molecule has 36 heavy (non-hydrogen) atoms. The summed E-state index contributed by atoms with van der Waals surface area (Å²) in [7, 11) is 0. The van der Waals surface area contributed by atoms with Gasteiger partial charge in [0.25, 0.3) is 0 Å². The van der Waals surface area contributed by atoms with Gasteiger partial charge >= 0.3 is 0 Å². The molecule has 0 unspecified atom stereocenters. The molecule has 0 fully saturated rings. The van der Waals surface area contributed by atoms with Gasteiger partial charge in [0.05, 0.1) is 16.9 Å². The van der Waals surface area contributed by atoms with Crippen molar-refractivity contribution in [2.24, 2.45) is 5.73 Å². The maximum Gasteiger partial charge on any atom is 0.217 e. The third kappa shape index (κ3) is 5.60. The van der Waals surface area contributed by atoms with Gasteiger partial charge in [0, 0.05) is 29.9 Å². The summed E-state index contributed by atoms with van der Waals surface area (Å²) in [6, 6.07) is 18.0. The SMILES string of the molecule is NC(=O)CCCCCc1oc2cc(OCc3ccccc3)ccc2c1C(=O)c1cc(N)c(O)c(N)c1. The number of nitrogen functional groups attached to an aromatic ring is 2. The van der Waals surface area contributed by atoms with Gasteiger partial charge in [0.1, 0.15) is 23.7 Å². The molecule has 0 radical (unpaired) electrons. The van der Waals surface area contributed by atoms with Crippen LogP contribution in [0.4, 0.5) is 11.4 Å². The normalized spacial score (nSPS) is 11.0. The molecule has 0 aliphatic carbocycles. The number of hydrogen-bond donors (Lipinski definition) is 4. The molecule has 0 spiro atoms. The number of aryl methyl sites for hydroxylation is 1. The summed E-state index contributed by atoms with van der Waals surface area (Å²) in [5.74, 6) is 0.251. The Morgan fingerprint density at radius 1 is 0.917 bits per heavy atom. The molecule has 4 aromatic rings. The van der Waals surface area contributed by atoms with Crippen LogP contribution in [0, 0.1) is 0 Å². The number of hydrogen-bond acceptors (Lipinski definition) is 7. The predicted octanol–water partition coefficient (Wildman–Crippen LogP) is 4.70. The Kier molecular flexibility index (Phi) is 7.44. The molecule has 0 saturated carbocycles. The van der Waals surface area contributed by atoms with Gasteiger partial charge in [0.2, 0.25) is 5.91 Å². The molecule has 0 atom stereocenters. The molecule has 4 rings (SSSR count). The monoisotopic (exact) mass is 487 g/mol. The summed E-state index contributed by atoms with van der Waals surface area (Å²) in [4.78, 5) is 24.6. The molecule has 0 aliphatic heterocycles. The van der Waals surface area contributed by atoms with Crippen molar-refractivity contribution in [3.8, 4) is 11.5 Å². The molecule has 8 heteroatoms. The highest BCUT2D eigenvalue weighted by Crippen LogP contribution is 2.35. The average Bonchev–Trinajstić information content (AvgIpc) is 3.22. The van der Waals surface area contributed by atoms with E-state index in [1.807, 2.05) is 30.3 Å². The number of anilines is 2. The number of fused-ring (bicyclic) bond motifs is 1. The van der Waals surface area contributed by atoms with E-state index >= 15 is 0 Å². The molecule has 8 nitrogen and oxygen atoms in total. The molecule has 3 aromatic carbocycles. The smallest absolute Gasteiger partial charge is 0.217 e. The molecule has 0 saturated heterocycles. The van der Waals surface area contributed by atoms with Crippen molar-refractivity contribution in [2.75, 3.05) is 11.5 Å². The number of carbonyl (C=O) groups excluding carboxylic acids is 2. The van der Waals surface area contributed by atoms with E-state index in [0.717, 1.165) is 12.0 Å². The number of primary amides is 1. The van der Waals surface area contributed by atoms with Crippen LogP contribution in [0.3, 0.4) is 0 Å². The Morgan fingerprint density at radius 2 is 1.64 bits per heavy atom. The fourth-order valence-electron chi connectivity index (χ4n) is 4.10. The Labute approximate surface area is 208 Å². The summed E-state index contributed by atoms with van der Waals surface area (Å²) in [6.45, 7) is 0.400. The van der Waals surface area contributed by atoms with Crippen LogP contribution in [0.5, 0.6) is 11.5 Å². The van der Waals surface area contributed by atoms with Crippen LogP contribution in [0.15, 0.2) is 65.1 Å². The third-order valence-corrected chi connectivity index (χ3v) is 5.97. The van der Waals surface area contributed by atoms with Crippen LogP contribution < -0.4 is 21.9 Å². The Bertz CT molecular complexity index is 1370. The predicted molar refractivity (Wildman–Crippen MR) is 139 cm³/mol. The maximum absolute atomic E-state index is 13.6. The van der Waals surface area contributed by atoms with Gasteiger partial charge in [-0.3, -0.25) is 9.59 Å². The van der Waals surface area contributed by atoms with Gasteiger partial charge in [-0.15, -0.1) is 0 Å². The van der Waals surface area contributed by atoms with Gasteiger partial charge in [-0.2, -0.15) is 0 Å². The zero-order chi connectivity index (χ0) is 25.7. The molecule has 186 valence electrons. The van der Waals surface area contributed by atoms with E-state index in [-0.39, 0.29) is 34.4 Å². The number of nitrogens with two attached hydrogens (primary N) is 3. The Morgan fingerprint density at radius 3 is 2.33 bits per heavy atom. The van der Waals surface area contributed by atoms with Crippen LogP contribution in [0.25, 0.3) is 11.0 Å². The number of phenols is 1. The van der Waals surface area contributed by atoms with Gasteiger partial charge in [-0.1, -0.05) is 36.8 Å². The number of rotatable bonds is 11. The van der Waals surface area contributed by atoms with Crippen LogP contribution in [0.1, 0.15) is 52.9 Å². The van der Waals surface area contributed by atoms with Crippen molar-refractivity contribution in [1.82, 2.24) is 0 Å². The topological polar surface area (TPSA) is 155 Å². The zero-order valence-electron chi connectivity index (χ0n) is 19.8. The minimum Gasteiger partial charge on any atom is -0.504 e. The number of benzene rings is 3. The van der Waals surface area contributed by atoms with Crippen molar-refractivity contribution >= 4 is 34.0 Å². The minimum atomic E-state index is -0.333. The second kappa shape index (κ2) is 10.9. The largest absolute Gasteiger partial charge is 0.504 e. The Hall–Kier alpha value is -4.46. The number of phenolic OH excluding ortho intramolecular Hbond substituents is 1. The summed E-state index contributed by atoms with van der Waals surface area (Å²) >= 11 is 0. The maximum atomic E-state index is 13.6. The van der Waals surface area contributed by atoms with Crippen LogP contribution in [-0.2, 0) is 17.8 Å². The van der Waals surface area contributed by atoms with Gasteiger partial charge in [-0.25, -0.2) is 0 Å². The molecular weight excluding hydrogens is 458 g/mol. The van der Waals surface area contributed by atoms with Gasteiger partial charge in [0.15, 0.2) is 11.5 Å². The molecule has 1 aromatic heterocycles. The first-order chi connectivity index (χ1) is 17.3. The molecule has 0 bridgehead atoms. The fraction of sp³-hybridized carbons (Fsp3) is 0.214.